The van der Waals surface area contributed by atoms with Crippen molar-refractivity contribution in [1.82, 2.24) is 16.0 Å². The van der Waals surface area contributed by atoms with Gasteiger partial charge in [0.15, 0.2) is 0 Å². The summed E-state index contributed by atoms with van der Waals surface area (Å²) in [6.45, 7) is 0.615. The SMILES string of the molecule is CSCC[C@@H](NC(=O)NC1CCCNC1=O)C(=O)O. The molecule has 1 aliphatic heterocycles. The molecule has 0 radical (unpaired) electrons. The van der Waals surface area contributed by atoms with Gasteiger partial charge in [0, 0.05) is 6.54 Å². The lowest BCUT2D eigenvalue weighted by atomic mass is 10.1. The van der Waals surface area contributed by atoms with E-state index in [1.54, 1.807) is 0 Å². The highest BCUT2D eigenvalue weighted by molar-refractivity contribution is 7.98. The Morgan fingerprint density at radius 3 is 2.89 bits per heavy atom. The van der Waals surface area contributed by atoms with Crippen molar-refractivity contribution >= 4 is 29.7 Å². The van der Waals surface area contributed by atoms with E-state index >= 15 is 0 Å². The molecule has 19 heavy (non-hydrogen) atoms. The van der Waals surface area contributed by atoms with Gasteiger partial charge in [0.2, 0.25) is 5.91 Å². The molecule has 0 aromatic rings. The van der Waals surface area contributed by atoms with Gasteiger partial charge >= 0.3 is 12.0 Å². The van der Waals surface area contributed by atoms with Gasteiger partial charge in [-0.2, -0.15) is 11.8 Å². The molecular formula is C11H19N3O4S. The van der Waals surface area contributed by atoms with E-state index in [2.05, 4.69) is 16.0 Å². The molecule has 1 unspecified atom stereocenters. The molecule has 1 aliphatic rings. The molecule has 1 heterocycles. The van der Waals surface area contributed by atoms with Crippen molar-refractivity contribution in [3.63, 3.8) is 0 Å². The molecule has 0 aromatic carbocycles. The number of thioether (sulfide) groups is 1. The molecule has 0 aromatic heterocycles. The van der Waals surface area contributed by atoms with E-state index in [0.717, 1.165) is 6.42 Å². The lowest BCUT2D eigenvalue weighted by Crippen LogP contribution is -2.55. The maximum absolute atomic E-state index is 11.7. The second-order valence-corrected chi connectivity index (χ2v) is 5.26. The Labute approximate surface area is 115 Å². The Bertz CT molecular complexity index is 351. The summed E-state index contributed by atoms with van der Waals surface area (Å²) in [5, 5.41) is 16.5. The van der Waals surface area contributed by atoms with E-state index in [9.17, 15) is 14.4 Å². The normalized spacial score (nSPS) is 20.3. The van der Waals surface area contributed by atoms with Gasteiger partial charge in [0.05, 0.1) is 0 Å². The Kier molecular flexibility index (Phi) is 6.48. The molecular weight excluding hydrogens is 270 g/mol. The van der Waals surface area contributed by atoms with Crippen LogP contribution in [-0.2, 0) is 9.59 Å². The van der Waals surface area contributed by atoms with Crippen molar-refractivity contribution in [3.05, 3.63) is 0 Å². The first-order valence-electron chi connectivity index (χ1n) is 6.11. The van der Waals surface area contributed by atoms with Crippen LogP contribution in [0, 0.1) is 0 Å². The first kappa shape index (κ1) is 15.6. The minimum atomic E-state index is -1.07. The molecule has 108 valence electrons. The summed E-state index contributed by atoms with van der Waals surface area (Å²) in [4.78, 5) is 34.1. The number of carboxylic acids is 1. The number of hydrogen-bond acceptors (Lipinski definition) is 4. The van der Waals surface area contributed by atoms with Crippen LogP contribution < -0.4 is 16.0 Å². The number of carbonyl (C=O) groups excluding carboxylic acids is 2. The number of carbonyl (C=O) groups is 3. The summed E-state index contributed by atoms with van der Waals surface area (Å²) in [6.07, 6.45) is 3.58. The molecule has 1 fully saturated rings. The number of piperidine rings is 1. The van der Waals surface area contributed by atoms with E-state index in [1.165, 1.54) is 11.8 Å². The maximum Gasteiger partial charge on any atom is 0.326 e. The van der Waals surface area contributed by atoms with Crippen LogP contribution in [0.2, 0.25) is 0 Å². The van der Waals surface area contributed by atoms with Crippen molar-refractivity contribution in [1.29, 1.82) is 0 Å². The van der Waals surface area contributed by atoms with Crippen LogP contribution in [0.5, 0.6) is 0 Å². The lowest BCUT2D eigenvalue weighted by molar-refractivity contribution is -0.139. The minimum Gasteiger partial charge on any atom is -0.480 e. The van der Waals surface area contributed by atoms with Gasteiger partial charge in [-0.05, 0) is 31.3 Å². The molecule has 2 atom stereocenters. The summed E-state index contributed by atoms with van der Waals surface area (Å²) in [5.41, 5.74) is 0. The molecule has 7 nitrogen and oxygen atoms in total. The summed E-state index contributed by atoms with van der Waals surface area (Å²) in [7, 11) is 0. The van der Waals surface area contributed by atoms with Crippen LogP contribution in [0.25, 0.3) is 0 Å². The van der Waals surface area contributed by atoms with Gasteiger partial charge in [0.25, 0.3) is 0 Å². The zero-order valence-corrected chi connectivity index (χ0v) is 11.6. The number of nitrogens with one attached hydrogen (secondary N) is 3. The van der Waals surface area contributed by atoms with Crippen LogP contribution in [0.3, 0.4) is 0 Å². The first-order chi connectivity index (χ1) is 9.04. The average Bonchev–Trinajstić information content (AvgIpc) is 2.37. The Morgan fingerprint density at radius 2 is 2.32 bits per heavy atom. The highest BCUT2D eigenvalue weighted by atomic mass is 32.2. The molecule has 0 spiro atoms. The minimum absolute atomic E-state index is 0.225. The quantitative estimate of drug-likeness (QED) is 0.540. The summed E-state index contributed by atoms with van der Waals surface area (Å²) in [6, 6.07) is -2.13. The van der Waals surface area contributed by atoms with E-state index in [1.807, 2.05) is 6.26 Å². The number of carboxylic acid groups (broad SMARTS) is 1. The predicted octanol–water partition coefficient (Wildman–Crippen LogP) is -0.229. The molecule has 3 amide bonds. The Hall–Kier alpha value is -1.44. The lowest BCUT2D eigenvalue weighted by Gasteiger charge is -2.23. The number of rotatable bonds is 6. The van der Waals surface area contributed by atoms with Gasteiger partial charge in [-0.15, -0.1) is 0 Å². The van der Waals surface area contributed by atoms with Gasteiger partial charge in [-0.25, -0.2) is 9.59 Å². The number of hydrogen-bond donors (Lipinski definition) is 4. The van der Waals surface area contributed by atoms with E-state index in [4.69, 9.17) is 5.11 Å². The van der Waals surface area contributed by atoms with Crippen molar-refractivity contribution in [2.75, 3.05) is 18.6 Å². The van der Waals surface area contributed by atoms with E-state index in [0.29, 0.717) is 25.1 Å². The maximum atomic E-state index is 11.7. The third-order valence-electron chi connectivity index (χ3n) is 2.80. The predicted molar refractivity (Wildman–Crippen MR) is 72.1 cm³/mol. The topological polar surface area (TPSA) is 108 Å². The van der Waals surface area contributed by atoms with Crippen LogP contribution in [0.15, 0.2) is 0 Å². The number of amides is 3. The zero-order valence-electron chi connectivity index (χ0n) is 10.8. The molecule has 1 rings (SSSR count). The summed E-state index contributed by atoms with van der Waals surface area (Å²) < 4.78 is 0. The fourth-order valence-corrected chi connectivity index (χ4v) is 2.23. The average molecular weight is 289 g/mol. The molecule has 8 heteroatoms. The Balaban J connectivity index is 2.43. The second-order valence-electron chi connectivity index (χ2n) is 4.28. The largest absolute Gasteiger partial charge is 0.480 e. The van der Waals surface area contributed by atoms with Gasteiger partial charge in [-0.3, -0.25) is 4.79 Å². The van der Waals surface area contributed by atoms with E-state index in [-0.39, 0.29) is 5.91 Å². The fourth-order valence-electron chi connectivity index (χ4n) is 1.76. The van der Waals surface area contributed by atoms with Crippen molar-refractivity contribution in [2.24, 2.45) is 0 Å². The number of aliphatic carboxylic acids is 1. The first-order valence-corrected chi connectivity index (χ1v) is 7.50. The highest BCUT2D eigenvalue weighted by Gasteiger charge is 2.25. The third-order valence-corrected chi connectivity index (χ3v) is 3.45. The molecule has 4 N–H and O–H groups in total. The van der Waals surface area contributed by atoms with Crippen LogP contribution in [0.1, 0.15) is 19.3 Å². The molecule has 1 saturated heterocycles. The molecule has 0 aliphatic carbocycles. The van der Waals surface area contributed by atoms with Gasteiger partial charge in [0.1, 0.15) is 12.1 Å². The van der Waals surface area contributed by atoms with E-state index < -0.39 is 24.1 Å². The smallest absolute Gasteiger partial charge is 0.326 e. The monoisotopic (exact) mass is 289 g/mol. The van der Waals surface area contributed by atoms with Crippen LogP contribution >= 0.6 is 11.8 Å². The standard InChI is InChI=1S/C11H19N3O4S/c1-19-6-4-8(10(16)17)14-11(18)13-7-3-2-5-12-9(7)15/h7-8H,2-6H2,1H3,(H,12,15)(H,16,17)(H2,13,14,18)/t7?,8-/m1/s1. The zero-order chi connectivity index (χ0) is 14.3. The molecule has 0 saturated carbocycles. The van der Waals surface area contributed by atoms with Crippen LogP contribution in [0.4, 0.5) is 4.79 Å². The van der Waals surface area contributed by atoms with Crippen molar-refractivity contribution < 1.29 is 19.5 Å². The molecule has 0 bridgehead atoms. The fraction of sp³-hybridized carbons (Fsp3) is 0.727. The van der Waals surface area contributed by atoms with Gasteiger partial charge in [-0.1, -0.05) is 0 Å². The van der Waals surface area contributed by atoms with Crippen molar-refractivity contribution in [3.8, 4) is 0 Å². The summed E-state index contributed by atoms with van der Waals surface area (Å²) in [5.74, 6) is -0.657. The van der Waals surface area contributed by atoms with Crippen LogP contribution in [-0.4, -0.2) is 53.7 Å². The summed E-state index contributed by atoms with van der Waals surface area (Å²) >= 11 is 1.51. The third kappa shape index (κ3) is 5.37. The number of urea groups is 1. The highest BCUT2D eigenvalue weighted by Crippen LogP contribution is 2.04. The van der Waals surface area contributed by atoms with Crippen molar-refractivity contribution in [2.45, 2.75) is 31.3 Å². The Morgan fingerprint density at radius 1 is 1.58 bits per heavy atom. The second kappa shape index (κ2) is 7.88. The van der Waals surface area contributed by atoms with Gasteiger partial charge < -0.3 is 21.1 Å².